The minimum Gasteiger partial charge on any atom is -0.496 e. The number of rotatable bonds is 10. The van der Waals surface area contributed by atoms with Gasteiger partial charge in [0.1, 0.15) is 34.2 Å². The van der Waals surface area contributed by atoms with E-state index in [-0.39, 0.29) is 63.9 Å². The fourth-order valence-electron chi connectivity index (χ4n) is 5.68. The summed E-state index contributed by atoms with van der Waals surface area (Å²) >= 11 is 0. The number of oxazole rings is 1. The molecule has 0 saturated heterocycles. The Morgan fingerprint density at radius 3 is 2.28 bits per heavy atom. The quantitative estimate of drug-likeness (QED) is 0.152. The molecule has 0 fully saturated rings. The van der Waals surface area contributed by atoms with E-state index in [0.29, 0.717) is 28.1 Å². The standard InChI is InChI=1S/C36H32F3N3O7S/c1-36(2,44)12-13-42(50(5,45)46)27-18-29-24(31(34(43)40-3)33(48-29)19-6-9-21(37)10-7-19)17-23(27)20-8-11-28(47-4)25(14-20)35-41-32-26(39)15-22(38)16-30(32)49-35/h6-11,14-18,44H,12-13H2,1-5H3,(H,40,43). The molecular weight excluding hydrogens is 675 g/mol. The van der Waals surface area contributed by atoms with E-state index in [4.69, 9.17) is 13.6 Å². The Labute approximate surface area is 285 Å². The number of anilines is 1. The Morgan fingerprint density at radius 1 is 0.940 bits per heavy atom. The molecule has 1 amide bonds. The van der Waals surface area contributed by atoms with Crippen molar-refractivity contribution in [3.63, 3.8) is 0 Å². The summed E-state index contributed by atoms with van der Waals surface area (Å²) in [5.41, 5.74) is 0.208. The van der Waals surface area contributed by atoms with Crippen LogP contribution in [-0.2, 0) is 10.0 Å². The maximum Gasteiger partial charge on any atom is 0.255 e. The largest absolute Gasteiger partial charge is 0.496 e. The summed E-state index contributed by atoms with van der Waals surface area (Å²) in [6.45, 7) is 2.98. The van der Waals surface area contributed by atoms with Crippen LogP contribution in [-0.4, -0.2) is 57.0 Å². The summed E-state index contributed by atoms with van der Waals surface area (Å²) in [5, 5.41) is 13.5. The van der Waals surface area contributed by atoms with Crippen LogP contribution in [0.2, 0.25) is 0 Å². The lowest BCUT2D eigenvalue weighted by Crippen LogP contribution is -2.35. The number of nitrogens with one attached hydrogen (secondary N) is 1. The third kappa shape index (κ3) is 6.63. The Balaban J connectivity index is 1.66. The minimum atomic E-state index is -4.00. The zero-order valence-electron chi connectivity index (χ0n) is 27.6. The van der Waals surface area contributed by atoms with E-state index in [9.17, 15) is 31.5 Å². The molecule has 0 unspecified atom stereocenters. The van der Waals surface area contributed by atoms with E-state index in [1.165, 1.54) is 44.5 Å². The van der Waals surface area contributed by atoms with Crippen LogP contribution in [0.1, 0.15) is 30.6 Å². The van der Waals surface area contributed by atoms with Gasteiger partial charge in [-0.15, -0.1) is 0 Å². The number of hydrogen-bond acceptors (Lipinski definition) is 8. The molecule has 0 bridgehead atoms. The van der Waals surface area contributed by atoms with Crippen LogP contribution in [0, 0.1) is 17.5 Å². The third-order valence-corrected chi connectivity index (χ3v) is 9.30. The van der Waals surface area contributed by atoms with Gasteiger partial charge in [0.15, 0.2) is 11.4 Å². The number of hydrogen-bond donors (Lipinski definition) is 2. The number of carbonyl (C=O) groups is 1. The van der Waals surface area contributed by atoms with Crippen molar-refractivity contribution < 1.29 is 45.1 Å². The number of halogens is 3. The Bertz CT molecular complexity index is 2380. The summed E-state index contributed by atoms with van der Waals surface area (Å²) in [5.74, 6) is -2.49. The first-order valence-electron chi connectivity index (χ1n) is 15.3. The fourth-order valence-corrected chi connectivity index (χ4v) is 6.61. The highest BCUT2D eigenvalue weighted by Gasteiger charge is 2.29. The molecule has 6 aromatic rings. The predicted octanol–water partition coefficient (Wildman–Crippen LogP) is 7.29. The summed E-state index contributed by atoms with van der Waals surface area (Å²) in [6.07, 6.45) is 1.08. The number of amides is 1. The zero-order chi connectivity index (χ0) is 36.1. The van der Waals surface area contributed by atoms with Crippen molar-refractivity contribution in [3.05, 3.63) is 89.7 Å². The van der Waals surface area contributed by atoms with Gasteiger partial charge >= 0.3 is 0 Å². The molecule has 0 radical (unpaired) electrons. The predicted molar refractivity (Wildman–Crippen MR) is 183 cm³/mol. The molecule has 14 heteroatoms. The Hall–Kier alpha value is -5.34. The molecule has 0 spiro atoms. The SMILES string of the molecule is CNC(=O)c1c(-c2ccc(F)cc2)oc2cc(N(CCC(C)(C)O)S(C)(=O)=O)c(-c3ccc(OC)c(-c4nc5c(F)cc(F)cc5o4)c3)cc12. The first kappa shape index (κ1) is 34.5. The van der Waals surface area contributed by atoms with Gasteiger partial charge in [0.25, 0.3) is 5.91 Å². The van der Waals surface area contributed by atoms with Gasteiger partial charge in [-0.25, -0.2) is 26.6 Å². The van der Waals surface area contributed by atoms with Crippen LogP contribution < -0.4 is 14.4 Å². The summed E-state index contributed by atoms with van der Waals surface area (Å²) in [6, 6.07) is 14.9. The van der Waals surface area contributed by atoms with Crippen molar-refractivity contribution in [3.8, 4) is 39.7 Å². The second kappa shape index (κ2) is 12.8. The number of carbonyl (C=O) groups excluding carboxylic acids is 1. The maximum atomic E-state index is 14.6. The number of benzene rings is 4. The van der Waals surface area contributed by atoms with E-state index < -0.39 is 39.0 Å². The van der Waals surface area contributed by atoms with Gasteiger partial charge < -0.3 is 24.0 Å². The molecule has 0 aliphatic carbocycles. The average Bonchev–Trinajstić information content (AvgIpc) is 3.65. The first-order chi connectivity index (χ1) is 23.6. The smallest absolute Gasteiger partial charge is 0.255 e. The van der Waals surface area contributed by atoms with Crippen LogP contribution in [0.5, 0.6) is 5.75 Å². The molecule has 10 nitrogen and oxygen atoms in total. The van der Waals surface area contributed by atoms with Gasteiger partial charge in [0.2, 0.25) is 15.9 Å². The number of sulfonamides is 1. The van der Waals surface area contributed by atoms with E-state index in [1.54, 1.807) is 38.1 Å². The molecule has 2 N–H and O–H groups in total. The highest BCUT2D eigenvalue weighted by atomic mass is 32.2. The minimum absolute atomic E-state index is 0.0545. The Morgan fingerprint density at radius 2 is 1.64 bits per heavy atom. The molecular formula is C36H32F3N3O7S. The monoisotopic (exact) mass is 707 g/mol. The van der Waals surface area contributed by atoms with Crippen molar-refractivity contribution in [2.24, 2.45) is 0 Å². The van der Waals surface area contributed by atoms with Gasteiger partial charge in [-0.3, -0.25) is 9.10 Å². The van der Waals surface area contributed by atoms with Crippen LogP contribution in [0.15, 0.2) is 75.6 Å². The lowest BCUT2D eigenvalue weighted by Gasteiger charge is -2.28. The third-order valence-electron chi connectivity index (χ3n) is 8.12. The molecule has 0 aliphatic rings. The molecule has 4 aromatic carbocycles. The lowest BCUT2D eigenvalue weighted by molar-refractivity contribution is 0.0740. The maximum absolute atomic E-state index is 14.6. The summed E-state index contributed by atoms with van der Waals surface area (Å²) < 4.78 is 87.9. The lowest BCUT2D eigenvalue weighted by atomic mass is 9.96. The summed E-state index contributed by atoms with van der Waals surface area (Å²) in [4.78, 5) is 17.6. The zero-order valence-corrected chi connectivity index (χ0v) is 28.4. The second-order valence-corrected chi connectivity index (χ2v) is 14.2. The van der Waals surface area contributed by atoms with Crippen LogP contribution in [0.25, 0.3) is 56.0 Å². The first-order valence-corrected chi connectivity index (χ1v) is 17.2. The topological polar surface area (TPSA) is 135 Å². The highest BCUT2D eigenvalue weighted by Crippen LogP contribution is 2.44. The molecule has 0 saturated carbocycles. The normalized spacial score (nSPS) is 12.1. The summed E-state index contributed by atoms with van der Waals surface area (Å²) in [7, 11) is -1.15. The van der Waals surface area contributed by atoms with Crippen molar-refractivity contribution in [1.82, 2.24) is 10.3 Å². The van der Waals surface area contributed by atoms with Crippen molar-refractivity contribution in [1.29, 1.82) is 0 Å². The molecule has 50 heavy (non-hydrogen) atoms. The number of aromatic nitrogens is 1. The van der Waals surface area contributed by atoms with E-state index in [2.05, 4.69) is 10.3 Å². The van der Waals surface area contributed by atoms with Crippen molar-refractivity contribution in [2.75, 3.05) is 31.3 Å². The van der Waals surface area contributed by atoms with Gasteiger partial charge in [-0.2, -0.15) is 0 Å². The number of ether oxygens (including phenoxy) is 1. The van der Waals surface area contributed by atoms with Crippen molar-refractivity contribution in [2.45, 2.75) is 25.9 Å². The number of nitrogens with zero attached hydrogens (tertiary/aromatic N) is 2. The second-order valence-electron chi connectivity index (χ2n) is 12.3. The van der Waals surface area contributed by atoms with Gasteiger partial charge in [0, 0.05) is 48.3 Å². The molecule has 0 aliphatic heterocycles. The molecule has 2 aromatic heterocycles. The van der Waals surface area contributed by atoms with Gasteiger partial charge in [0.05, 0.1) is 35.8 Å². The van der Waals surface area contributed by atoms with Crippen LogP contribution in [0.4, 0.5) is 18.9 Å². The van der Waals surface area contributed by atoms with Crippen LogP contribution >= 0.6 is 0 Å². The van der Waals surface area contributed by atoms with E-state index >= 15 is 0 Å². The number of fused-ring (bicyclic) bond motifs is 2. The highest BCUT2D eigenvalue weighted by molar-refractivity contribution is 7.92. The molecule has 260 valence electrons. The van der Waals surface area contributed by atoms with Crippen molar-refractivity contribution >= 4 is 43.7 Å². The Kier molecular flexibility index (Phi) is 8.87. The van der Waals surface area contributed by atoms with E-state index in [0.717, 1.165) is 16.6 Å². The fraction of sp³-hybridized carbons (Fsp3) is 0.222. The average molecular weight is 708 g/mol. The molecule has 0 atom stereocenters. The van der Waals surface area contributed by atoms with Crippen LogP contribution in [0.3, 0.4) is 0 Å². The van der Waals surface area contributed by atoms with E-state index in [1.807, 2.05) is 0 Å². The van der Waals surface area contributed by atoms with Gasteiger partial charge in [-0.1, -0.05) is 6.07 Å². The number of furan rings is 1. The molecule has 2 heterocycles. The molecule has 6 rings (SSSR count). The van der Waals surface area contributed by atoms with Gasteiger partial charge in [-0.05, 0) is 68.3 Å². The number of methoxy groups -OCH3 is 1. The number of aliphatic hydroxyl groups is 1.